The SMILES string of the molecule is Cc1nc(NC(C)c2cccc(C(F)F)c2F)c2cc(C3=CCC(C(=O)O)CC3)c3c(c2n1)CCO3. The number of aliphatic carboxylic acids is 1. The molecule has 2 aromatic carbocycles. The van der Waals surface area contributed by atoms with Crippen LogP contribution in [0.3, 0.4) is 0 Å². The summed E-state index contributed by atoms with van der Waals surface area (Å²) in [7, 11) is 0. The molecule has 2 atom stereocenters. The van der Waals surface area contributed by atoms with Gasteiger partial charge in [-0.05, 0) is 44.7 Å². The third-order valence-electron chi connectivity index (χ3n) is 6.97. The first-order chi connectivity index (χ1) is 17.2. The monoisotopic (exact) mass is 497 g/mol. The molecule has 0 radical (unpaired) electrons. The van der Waals surface area contributed by atoms with Gasteiger partial charge < -0.3 is 15.2 Å². The first-order valence-electron chi connectivity index (χ1n) is 12.0. The number of alkyl halides is 2. The lowest BCUT2D eigenvalue weighted by atomic mass is 9.85. The maximum atomic E-state index is 14.8. The number of carboxylic acids is 1. The van der Waals surface area contributed by atoms with Gasteiger partial charge in [0.05, 0.1) is 29.6 Å². The van der Waals surface area contributed by atoms with Crippen LogP contribution in [0.25, 0.3) is 16.5 Å². The van der Waals surface area contributed by atoms with E-state index in [9.17, 15) is 23.1 Å². The molecule has 9 heteroatoms. The average molecular weight is 498 g/mol. The van der Waals surface area contributed by atoms with Crippen LogP contribution in [0.4, 0.5) is 19.0 Å². The van der Waals surface area contributed by atoms with Crippen molar-refractivity contribution in [3.05, 3.63) is 64.2 Å². The number of allylic oxidation sites excluding steroid dienone is 2. The molecule has 0 spiro atoms. The smallest absolute Gasteiger partial charge is 0.306 e. The molecule has 0 saturated heterocycles. The van der Waals surface area contributed by atoms with Gasteiger partial charge in [-0.1, -0.05) is 24.3 Å². The number of hydrogen-bond acceptors (Lipinski definition) is 5. The fourth-order valence-corrected chi connectivity index (χ4v) is 5.09. The fraction of sp³-hybridized carbons (Fsp3) is 0.370. The van der Waals surface area contributed by atoms with Crippen LogP contribution in [0.15, 0.2) is 30.3 Å². The normalized spacial score (nSPS) is 18.1. The number of aryl methyl sites for hydroxylation is 1. The van der Waals surface area contributed by atoms with E-state index in [4.69, 9.17) is 4.74 Å². The summed E-state index contributed by atoms with van der Waals surface area (Å²) in [6, 6.07) is 5.29. The lowest BCUT2D eigenvalue weighted by molar-refractivity contribution is -0.141. The number of anilines is 1. The van der Waals surface area contributed by atoms with Gasteiger partial charge in [0, 0.05) is 28.5 Å². The highest BCUT2D eigenvalue weighted by atomic mass is 19.3. The van der Waals surface area contributed by atoms with Crippen molar-refractivity contribution in [2.24, 2.45) is 5.92 Å². The van der Waals surface area contributed by atoms with E-state index in [0.717, 1.165) is 39.4 Å². The predicted octanol–water partition coefficient (Wildman–Crippen LogP) is 6.39. The fourth-order valence-electron chi connectivity index (χ4n) is 5.09. The Morgan fingerprint density at radius 1 is 1.22 bits per heavy atom. The summed E-state index contributed by atoms with van der Waals surface area (Å²) in [6.07, 6.45) is 1.32. The Kier molecular flexibility index (Phi) is 6.32. The maximum absolute atomic E-state index is 14.8. The zero-order valence-electron chi connectivity index (χ0n) is 19.9. The third kappa shape index (κ3) is 4.27. The highest BCUT2D eigenvalue weighted by Crippen LogP contribution is 2.44. The van der Waals surface area contributed by atoms with E-state index in [1.807, 2.05) is 12.1 Å². The summed E-state index contributed by atoms with van der Waals surface area (Å²) < 4.78 is 47.3. The predicted molar refractivity (Wildman–Crippen MR) is 130 cm³/mol. The molecular weight excluding hydrogens is 471 g/mol. The molecule has 188 valence electrons. The number of ether oxygens (including phenoxy) is 1. The van der Waals surface area contributed by atoms with Gasteiger partial charge in [-0.2, -0.15) is 0 Å². The van der Waals surface area contributed by atoms with Crippen molar-refractivity contribution >= 4 is 28.3 Å². The Bertz CT molecular complexity index is 1390. The topological polar surface area (TPSA) is 84.3 Å². The molecule has 1 aliphatic carbocycles. The lowest BCUT2D eigenvalue weighted by Gasteiger charge is -2.22. The van der Waals surface area contributed by atoms with Gasteiger partial charge in [-0.15, -0.1) is 0 Å². The van der Waals surface area contributed by atoms with E-state index in [0.29, 0.717) is 43.9 Å². The van der Waals surface area contributed by atoms with Crippen molar-refractivity contribution in [2.75, 3.05) is 11.9 Å². The summed E-state index contributed by atoms with van der Waals surface area (Å²) in [6.45, 7) is 3.98. The number of carboxylic acid groups (broad SMARTS) is 1. The average Bonchev–Trinajstić information content (AvgIpc) is 3.34. The molecular formula is C27H26F3N3O3. The van der Waals surface area contributed by atoms with Crippen molar-refractivity contribution in [2.45, 2.75) is 52.0 Å². The summed E-state index contributed by atoms with van der Waals surface area (Å²) in [4.78, 5) is 20.6. The minimum Gasteiger partial charge on any atom is -0.492 e. The highest BCUT2D eigenvalue weighted by molar-refractivity contribution is 5.97. The molecule has 0 amide bonds. The molecule has 6 nitrogen and oxygen atoms in total. The molecule has 3 aromatic rings. The number of nitrogens with one attached hydrogen (secondary N) is 1. The first kappa shape index (κ1) is 24.1. The molecule has 0 fully saturated rings. The Hall–Kier alpha value is -3.62. The lowest BCUT2D eigenvalue weighted by Crippen LogP contribution is -2.16. The van der Waals surface area contributed by atoms with Crippen LogP contribution in [0.2, 0.25) is 0 Å². The van der Waals surface area contributed by atoms with Crippen molar-refractivity contribution in [1.29, 1.82) is 0 Å². The van der Waals surface area contributed by atoms with Crippen molar-refractivity contribution in [3.8, 4) is 5.75 Å². The quantitative estimate of drug-likeness (QED) is 0.411. The molecule has 36 heavy (non-hydrogen) atoms. The van der Waals surface area contributed by atoms with Crippen LogP contribution in [0.5, 0.6) is 5.75 Å². The number of hydrogen-bond donors (Lipinski definition) is 2. The zero-order valence-corrected chi connectivity index (χ0v) is 19.9. The van der Waals surface area contributed by atoms with Crippen LogP contribution < -0.4 is 10.1 Å². The molecule has 0 saturated carbocycles. The summed E-state index contributed by atoms with van der Waals surface area (Å²) in [5, 5.41) is 13.3. The third-order valence-corrected chi connectivity index (χ3v) is 6.97. The van der Waals surface area contributed by atoms with Crippen molar-refractivity contribution in [1.82, 2.24) is 9.97 Å². The Morgan fingerprint density at radius 2 is 2.00 bits per heavy atom. The number of fused-ring (bicyclic) bond motifs is 3. The molecule has 1 aliphatic heterocycles. The Balaban J connectivity index is 1.59. The van der Waals surface area contributed by atoms with Gasteiger partial charge in [0.25, 0.3) is 6.43 Å². The minimum atomic E-state index is -2.91. The zero-order chi connectivity index (χ0) is 25.6. The molecule has 5 rings (SSSR count). The van der Waals surface area contributed by atoms with Gasteiger partial charge in [0.15, 0.2) is 0 Å². The molecule has 0 bridgehead atoms. The molecule has 2 heterocycles. The summed E-state index contributed by atoms with van der Waals surface area (Å²) in [5.41, 5.74) is 3.07. The van der Waals surface area contributed by atoms with Crippen LogP contribution >= 0.6 is 0 Å². The molecule has 2 unspecified atom stereocenters. The Labute approximate surface area is 206 Å². The van der Waals surface area contributed by atoms with Crippen molar-refractivity contribution in [3.63, 3.8) is 0 Å². The molecule has 2 N–H and O–H groups in total. The van der Waals surface area contributed by atoms with Gasteiger partial charge in [0.2, 0.25) is 0 Å². The first-order valence-corrected chi connectivity index (χ1v) is 12.0. The number of aromatic nitrogens is 2. The van der Waals surface area contributed by atoms with Gasteiger partial charge in [-0.25, -0.2) is 23.1 Å². The summed E-state index contributed by atoms with van der Waals surface area (Å²) in [5.74, 6) is -0.373. The van der Waals surface area contributed by atoms with E-state index in [-0.39, 0.29) is 5.56 Å². The summed E-state index contributed by atoms with van der Waals surface area (Å²) >= 11 is 0. The van der Waals surface area contributed by atoms with Crippen LogP contribution in [-0.2, 0) is 11.2 Å². The largest absolute Gasteiger partial charge is 0.492 e. The highest BCUT2D eigenvalue weighted by Gasteiger charge is 2.28. The second-order valence-electron chi connectivity index (χ2n) is 9.30. The van der Waals surface area contributed by atoms with Crippen LogP contribution in [0, 0.1) is 18.7 Å². The van der Waals surface area contributed by atoms with E-state index in [1.165, 1.54) is 12.1 Å². The van der Waals surface area contributed by atoms with Crippen LogP contribution in [0.1, 0.15) is 66.7 Å². The number of rotatable bonds is 6. The van der Waals surface area contributed by atoms with E-state index in [2.05, 4.69) is 15.3 Å². The number of benzene rings is 2. The maximum Gasteiger partial charge on any atom is 0.306 e. The second kappa shape index (κ2) is 9.44. The molecule has 2 aliphatic rings. The number of halogens is 3. The van der Waals surface area contributed by atoms with E-state index in [1.54, 1.807) is 13.8 Å². The number of nitrogens with zero attached hydrogens (tertiary/aromatic N) is 2. The van der Waals surface area contributed by atoms with E-state index < -0.39 is 35.7 Å². The number of carbonyl (C=O) groups is 1. The van der Waals surface area contributed by atoms with Crippen molar-refractivity contribution < 1.29 is 27.8 Å². The minimum absolute atomic E-state index is 0.122. The van der Waals surface area contributed by atoms with E-state index >= 15 is 0 Å². The molecule has 1 aromatic heterocycles. The second-order valence-corrected chi connectivity index (χ2v) is 9.30. The van der Waals surface area contributed by atoms with Gasteiger partial charge in [0.1, 0.15) is 23.2 Å². The van der Waals surface area contributed by atoms with Gasteiger partial charge in [-0.3, -0.25) is 4.79 Å². The standard InChI is InChI=1S/C27H26F3N3O3/c1-13(17-4-3-5-18(22(17)28)25(29)30)31-26-21-12-20(15-6-8-16(9-7-15)27(34)35)24-19(10-11-36-24)23(21)32-14(2)33-26/h3-6,12-13,16,25H,7-11H2,1-2H3,(H,34,35)(H,31,32,33). The Morgan fingerprint density at radius 3 is 2.69 bits per heavy atom. The van der Waals surface area contributed by atoms with Crippen LogP contribution in [-0.4, -0.2) is 27.7 Å². The van der Waals surface area contributed by atoms with Gasteiger partial charge >= 0.3 is 5.97 Å².